The summed E-state index contributed by atoms with van der Waals surface area (Å²) >= 11 is 0. The highest BCUT2D eigenvalue weighted by atomic mass is 35.5. The lowest BCUT2D eigenvalue weighted by molar-refractivity contribution is 0.307. The molecule has 1 aromatic rings. The van der Waals surface area contributed by atoms with Crippen LogP contribution in [-0.2, 0) is 6.54 Å². The number of nitrogens with two attached hydrogens (primary N) is 1. The number of hydrogen-bond acceptors (Lipinski definition) is 2. The summed E-state index contributed by atoms with van der Waals surface area (Å²) in [7, 11) is 0. The van der Waals surface area contributed by atoms with E-state index in [-0.39, 0.29) is 18.4 Å². The molecule has 2 N–H and O–H groups in total. The van der Waals surface area contributed by atoms with Gasteiger partial charge in [0, 0.05) is 25.2 Å². The van der Waals surface area contributed by atoms with Crippen LogP contribution in [0.1, 0.15) is 18.9 Å². The third-order valence-electron chi connectivity index (χ3n) is 3.38. The van der Waals surface area contributed by atoms with Gasteiger partial charge < -0.3 is 5.73 Å². The zero-order valence-electron chi connectivity index (χ0n) is 10.4. The van der Waals surface area contributed by atoms with Crippen molar-refractivity contribution in [1.82, 2.24) is 4.90 Å². The molecule has 1 saturated heterocycles. The molecule has 2 unspecified atom stereocenters. The third-order valence-corrected chi connectivity index (χ3v) is 3.38. The van der Waals surface area contributed by atoms with E-state index in [9.17, 15) is 8.78 Å². The molecule has 0 bridgehead atoms. The number of nitrogens with zero attached hydrogens (tertiary/aromatic N) is 1. The maximum Gasteiger partial charge on any atom is 0.126 e. The highest BCUT2D eigenvalue weighted by molar-refractivity contribution is 5.85. The molecule has 1 aromatic carbocycles. The highest BCUT2D eigenvalue weighted by Gasteiger charge is 2.25. The summed E-state index contributed by atoms with van der Waals surface area (Å²) in [5, 5.41) is 0. The van der Waals surface area contributed by atoms with Gasteiger partial charge in [0.25, 0.3) is 0 Å². The van der Waals surface area contributed by atoms with Crippen molar-refractivity contribution in [3.05, 3.63) is 35.4 Å². The van der Waals surface area contributed by atoms with E-state index >= 15 is 0 Å². The van der Waals surface area contributed by atoms with Crippen LogP contribution in [0.15, 0.2) is 18.2 Å². The molecule has 0 saturated carbocycles. The van der Waals surface area contributed by atoms with E-state index in [1.165, 1.54) is 12.1 Å². The van der Waals surface area contributed by atoms with Gasteiger partial charge >= 0.3 is 0 Å². The minimum Gasteiger partial charge on any atom is -0.328 e. The molecule has 0 spiro atoms. The Kier molecular flexibility index (Phi) is 5.50. The molecule has 5 heteroatoms. The van der Waals surface area contributed by atoms with Gasteiger partial charge in [0.05, 0.1) is 0 Å². The Hall–Kier alpha value is -0.710. The molecule has 18 heavy (non-hydrogen) atoms. The van der Waals surface area contributed by atoms with Crippen molar-refractivity contribution in [3.8, 4) is 0 Å². The second-order valence-electron chi connectivity index (χ2n) is 4.92. The molecule has 1 aliphatic rings. The van der Waals surface area contributed by atoms with Gasteiger partial charge in [0.1, 0.15) is 11.6 Å². The lowest BCUT2D eigenvalue weighted by Gasteiger charge is -2.17. The Morgan fingerprint density at radius 1 is 1.33 bits per heavy atom. The van der Waals surface area contributed by atoms with Gasteiger partial charge in [-0.1, -0.05) is 0 Å². The second kappa shape index (κ2) is 6.45. The van der Waals surface area contributed by atoms with Crippen LogP contribution in [0.2, 0.25) is 0 Å². The Bertz CT molecular complexity index is 378. The molecular weight excluding hydrogens is 258 g/mol. The summed E-state index contributed by atoms with van der Waals surface area (Å²) in [4.78, 5) is 2.20. The SMILES string of the molecule is CC(N)C1CCN(Cc2cc(F)cc(F)c2)C1.Cl. The van der Waals surface area contributed by atoms with Gasteiger partial charge in [-0.05, 0) is 43.5 Å². The average molecular weight is 277 g/mol. The minimum atomic E-state index is -0.511. The molecule has 2 rings (SSSR count). The molecule has 0 aliphatic carbocycles. The van der Waals surface area contributed by atoms with Crippen LogP contribution >= 0.6 is 12.4 Å². The van der Waals surface area contributed by atoms with Crippen LogP contribution in [0.25, 0.3) is 0 Å². The van der Waals surface area contributed by atoms with Crippen molar-refractivity contribution in [3.63, 3.8) is 0 Å². The molecule has 1 fully saturated rings. The van der Waals surface area contributed by atoms with Gasteiger partial charge in [0.15, 0.2) is 0 Å². The number of hydrogen-bond donors (Lipinski definition) is 1. The fourth-order valence-corrected chi connectivity index (χ4v) is 2.40. The van der Waals surface area contributed by atoms with E-state index in [1.807, 2.05) is 6.92 Å². The van der Waals surface area contributed by atoms with Crippen LogP contribution in [0.3, 0.4) is 0 Å². The summed E-state index contributed by atoms with van der Waals surface area (Å²) in [6.45, 7) is 4.47. The fourth-order valence-electron chi connectivity index (χ4n) is 2.40. The summed E-state index contributed by atoms with van der Waals surface area (Å²) in [5.41, 5.74) is 6.54. The Labute approximate surface area is 113 Å². The molecule has 0 amide bonds. The maximum atomic E-state index is 13.0. The van der Waals surface area contributed by atoms with Crippen molar-refractivity contribution < 1.29 is 8.78 Å². The van der Waals surface area contributed by atoms with E-state index in [4.69, 9.17) is 5.73 Å². The van der Waals surface area contributed by atoms with Crippen molar-refractivity contribution in [2.24, 2.45) is 11.7 Å². The van der Waals surface area contributed by atoms with Crippen molar-refractivity contribution in [2.45, 2.75) is 25.9 Å². The fraction of sp³-hybridized carbons (Fsp3) is 0.538. The Morgan fingerprint density at radius 2 is 1.94 bits per heavy atom. The standard InChI is InChI=1S/C13H18F2N2.ClH/c1-9(16)11-2-3-17(8-11)7-10-4-12(14)6-13(15)5-10;/h4-6,9,11H,2-3,7-8,16H2,1H3;1H. The summed E-state index contributed by atoms with van der Waals surface area (Å²) in [5.74, 6) is -0.528. The first-order valence-electron chi connectivity index (χ1n) is 5.97. The first kappa shape index (κ1) is 15.3. The predicted octanol–water partition coefficient (Wildman–Crippen LogP) is 2.56. The number of benzene rings is 1. The predicted molar refractivity (Wildman–Crippen MR) is 70.6 cm³/mol. The van der Waals surface area contributed by atoms with Crippen LogP contribution in [0.5, 0.6) is 0 Å². The maximum absolute atomic E-state index is 13.0. The first-order chi connectivity index (χ1) is 8.04. The van der Waals surface area contributed by atoms with Crippen molar-refractivity contribution in [2.75, 3.05) is 13.1 Å². The van der Waals surface area contributed by atoms with Gasteiger partial charge in [0.2, 0.25) is 0 Å². The van der Waals surface area contributed by atoms with Crippen LogP contribution in [0.4, 0.5) is 8.78 Å². The lowest BCUT2D eigenvalue weighted by atomic mass is 10.0. The first-order valence-corrected chi connectivity index (χ1v) is 5.97. The van der Waals surface area contributed by atoms with Crippen LogP contribution in [0, 0.1) is 17.6 Å². The van der Waals surface area contributed by atoms with Crippen LogP contribution < -0.4 is 5.73 Å². The van der Waals surface area contributed by atoms with E-state index in [1.54, 1.807) is 0 Å². The third kappa shape index (κ3) is 3.90. The lowest BCUT2D eigenvalue weighted by Crippen LogP contribution is -2.29. The van der Waals surface area contributed by atoms with Crippen molar-refractivity contribution >= 4 is 12.4 Å². The second-order valence-corrected chi connectivity index (χ2v) is 4.92. The molecule has 0 radical (unpaired) electrons. The average Bonchev–Trinajstić information content (AvgIpc) is 2.64. The zero-order valence-corrected chi connectivity index (χ0v) is 11.2. The largest absolute Gasteiger partial charge is 0.328 e. The molecule has 0 aromatic heterocycles. The van der Waals surface area contributed by atoms with Crippen molar-refractivity contribution in [1.29, 1.82) is 0 Å². The molecule has 102 valence electrons. The van der Waals surface area contributed by atoms with Gasteiger partial charge in [-0.2, -0.15) is 0 Å². The van der Waals surface area contributed by atoms with E-state index in [0.29, 0.717) is 18.0 Å². The van der Waals surface area contributed by atoms with E-state index in [0.717, 1.165) is 25.6 Å². The molecule has 1 aliphatic heterocycles. The molecule has 2 atom stereocenters. The normalized spacial score (nSPS) is 21.7. The van der Waals surface area contributed by atoms with Gasteiger partial charge in [-0.15, -0.1) is 12.4 Å². The molecule has 1 heterocycles. The Morgan fingerprint density at radius 3 is 2.44 bits per heavy atom. The summed E-state index contributed by atoms with van der Waals surface area (Å²) < 4.78 is 26.1. The van der Waals surface area contributed by atoms with Gasteiger partial charge in [-0.25, -0.2) is 8.78 Å². The summed E-state index contributed by atoms with van der Waals surface area (Å²) in [6.07, 6.45) is 1.06. The van der Waals surface area contributed by atoms with E-state index < -0.39 is 11.6 Å². The monoisotopic (exact) mass is 276 g/mol. The molecular formula is C13H19ClF2N2. The number of rotatable bonds is 3. The van der Waals surface area contributed by atoms with E-state index in [2.05, 4.69) is 4.90 Å². The summed E-state index contributed by atoms with van der Waals surface area (Å²) in [6, 6.07) is 3.87. The minimum absolute atomic E-state index is 0. The smallest absolute Gasteiger partial charge is 0.126 e. The molecule has 2 nitrogen and oxygen atoms in total. The van der Waals surface area contributed by atoms with Crippen LogP contribution in [-0.4, -0.2) is 24.0 Å². The topological polar surface area (TPSA) is 29.3 Å². The Balaban J connectivity index is 0.00000162. The highest BCUT2D eigenvalue weighted by Crippen LogP contribution is 2.21. The van der Waals surface area contributed by atoms with Gasteiger partial charge in [-0.3, -0.25) is 4.90 Å². The number of halogens is 3. The number of likely N-dealkylation sites (tertiary alicyclic amines) is 1. The zero-order chi connectivity index (χ0) is 12.4. The quantitative estimate of drug-likeness (QED) is 0.919.